The molecule has 2 rings (SSSR count). The van der Waals surface area contributed by atoms with Gasteiger partial charge in [-0.25, -0.2) is 0 Å². The highest BCUT2D eigenvalue weighted by molar-refractivity contribution is 8.00. The van der Waals surface area contributed by atoms with E-state index in [9.17, 15) is 4.79 Å². The molecule has 1 unspecified atom stereocenters. The Morgan fingerprint density at radius 1 is 1.33 bits per heavy atom. The first-order valence-electron chi connectivity index (χ1n) is 5.77. The Balaban J connectivity index is 1.83. The summed E-state index contributed by atoms with van der Waals surface area (Å²) in [6.45, 7) is 2.31. The number of carboxylic acids is 1. The molecule has 2 atom stereocenters. The van der Waals surface area contributed by atoms with Gasteiger partial charge in [0.2, 0.25) is 0 Å². The van der Waals surface area contributed by atoms with Gasteiger partial charge in [0.05, 0.1) is 5.37 Å². The maximum absolute atomic E-state index is 10.8. The summed E-state index contributed by atoms with van der Waals surface area (Å²) in [5.41, 5.74) is 0. The third-order valence-electron chi connectivity index (χ3n) is 3.59. The number of hydrogen-bond acceptors (Lipinski definition) is 3. The molecule has 2 aliphatic rings. The molecule has 0 spiro atoms. The molecule has 1 aliphatic heterocycles. The summed E-state index contributed by atoms with van der Waals surface area (Å²) in [7, 11) is 0. The van der Waals surface area contributed by atoms with Crippen LogP contribution in [0, 0.1) is 11.8 Å². The summed E-state index contributed by atoms with van der Waals surface area (Å²) in [6, 6.07) is -0.320. The van der Waals surface area contributed by atoms with Crippen molar-refractivity contribution in [2.24, 2.45) is 11.8 Å². The Labute approximate surface area is 95.0 Å². The fraction of sp³-hybridized carbons (Fsp3) is 0.909. The largest absolute Gasteiger partial charge is 0.480 e. The quantitative estimate of drug-likeness (QED) is 0.759. The molecule has 86 valence electrons. The minimum Gasteiger partial charge on any atom is -0.480 e. The normalized spacial score (nSPS) is 41.7. The molecule has 2 N–H and O–H groups in total. The van der Waals surface area contributed by atoms with Crippen molar-refractivity contribution in [1.29, 1.82) is 0 Å². The molecule has 0 bridgehead atoms. The van der Waals surface area contributed by atoms with Crippen molar-refractivity contribution >= 4 is 17.7 Å². The van der Waals surface area contributed by atoms with Gasteiger partial charge in [-0.05, 0) is 24.7 Å². The summed E-state index contributed by atoms with van der Waals surface area (Å²) in [6.07, 6.45) is 5.14. The Morgan fingerprint density at radius 2 is 2.00 bits per heavy atom. The van der Waals surface area contributed by atoms with Gasteiger partial charge in [0.15, 0.2) is 0 Å². The molecule has 3 nitrogen and oxygen atoms in total. The second-order valence-corrected chi connectivity index (χ2v) is 6.01. The van der Waals surface area contributed by atoms with Crippen LogP contribution in [0.4, 0.5) is 0 Å². The zero-order valence-electron chi connectivity index (χ0n) is 9.11. The van der Waals surface area contributed by atoms with Crippen LogP contribution in [-0.2, 0) is 4.79 Å². The fourth-order valence-electron chi connectivity index (χ4n) is 2.50. The van der Waals surface area contributed by atoms with Crippen LogP contribution in [0.1, 0.15) is 32.6 Å². The average Bonchev–Trinajstić information content (AvgIpc) is 2.68. The van der Waals surface area contributed by atoms with Crippen molar-refractivity contribution in [2.45, 2.75) is 44.0 Å². The number of carboxylic acid groups (broad SMARTS) is 1. The van der Waals surface area contributed by atoms with E-state index in [0.717, 1.165) is 11.7 Å². The van der Waals surface area contributed by atoms with E-state index in [1.807, 2.05) is 0 Å². The molecule has 1 aliphatic carbocycles. The first kappa shape index (κ1) is 11.3. The second-order valence-electron chi connectivity index (χ2n) is 4.83. The highest BCUT2D eigenvalue weighted by Gasteiger charge is 2.35. The van der Waals surface area contributed by atoms with E-state index in [4.69, 9.17) is 5.11 Å². The molecule has 1 saturated carbocycles. The smallest absolute Gasteiger partial charge is 0.321 e. The summed E-state index contributed by atoms with van der Waals surface area (Å²) < 4.78 is 0. The number of nitrogens with one attached hydrogen (secondary N) is 1. The SMILES string of the molecule is CC1CCC(C2N[C@H](C(=O)O)CS2)CC1. The molecule has 15 heavy (non-hydrogen) atoms. The molecule has 0 radical (unpaired) electrons. The minimum atomic E-state index is -0.700. The van der Waals surface area contributed by atoms with Gasteiger partial charge in [-0.1, -0.05) is 19.8 Å². The molecule has 4 heteroatoms. The van der Waals surface area contributed by atoms with Crippen LogP contribution in [0.2, 0.25) is 0 Å². The number of carbonyl (C=O) groups is 1. The Kier molecular flexibility index (Phi) is 3.57. The molecule has 0 aromatic carbocycles. The lowest BCUT2D eigenvalue weighted by molar-refractivity contribution is -0.138. The van der Waals surface area contributed by atoms with Crippen LogP contribution in [0.3, 0.4) is 0 Å². The summed E-state index contributed by atoms with van der Waals surface area (Å²) in [5, 5.41) is 12.5. The fourth-order valence-corrected chi connectivity index (χ4v) is 3.94. The molecule has 1 heterocycles. The maximum atomic E-state index is 10.8. The van der Waals surface area contributed by atoms with Crippen molar-refractivity contribution in [3.63, 3.8) is 0 Å². The molecular formula is C11H19NO2S. The van der Waals surface area contributed by atoms with Gasteiger partial charge in [0.1, 0.15) is 6.04 Å². The highest BCUT2D eigenvalue weighted by Crippen LogP contribution is 2.36. The Hall–Kier alpha value is -0.220. The molecule has 0 aromatic heterocycles. The van der Waals surface area contributed by atoms with Gasteiger partial charge in [0, 0.05) is 5.75 Å². The van der Waals surface area contributed by atoms with Gasteiger partial charge in [-0.15, -0.1) is 11.8 Å². The molecule has 0 aromatic rings. The Morgan fingerprint density at radius 3 is 2.53 bits per heavy atom. The van der Waals surface area contributed by atoms with Crippen LogP contribution in [0.5, 0.6) is 0 Å². The second kappa shape index (κ2) is 4.74. The Bertz CT molecular complexity index is 239. The van der Waals surface area contributed by atoms with Gasteiger partial charge in [-0.3, -0.25) is 10.1 Å². The van der Waals surface area contributed by atoms with E-state index in [1.54, 1.807) is 11.8 Å². The highest BCUT2D eigenvalue weighted by atomic mass is 32.2. The summed E-state index contributed by atoms with van der Waals surface area (Å²) >= 11 is 1.79. The van der Waals surface area contributed by atoms with E-state index in [1.165, 1.54) is 25.7 Å². The third kappa shape index (κ3) is 2.67. The van der Waals surface area contributed by atoms with Gasteiger partial charge < -0.3 is 5.11 Å². The van der Waals surface area contributed by atoms with Crippen LogP contribution in [0.25, 0.3) is 0 Å². The molecule has 2 fully saturated rings. The first-order valence-corrected chi connectivity index (χ1v) is 6.82. The lowest BCUT2D eigenvalue weighted by Gasteiger charge is -2.30. The van der Waals surface area contributed by atoms with Crippen molar-refractivity contribution in [2.75, 3.05) is 5.75 Å². The van der Waals surface area contributed by atoms with E-state index >= 15 is 0 Å². The summed E-state index contributed by atoms with van der Waals surface area (Å²) in [5.74, 6) is 1.58. The predicted molar refractivity (Wildman–Crippen MR) is 61.9 cm³/mol. The van der Waals surface area contributed by atoms with Gasteiger partial charge >= 0.3 is 5.97 Å². The third-order valence-corrected chi connectivity index (χ3v) is 5.00. The first-order chi connectivity index (χ1) is 7.16. The van der Waals surface area contributed by atoms with Gasteiger partial charge in [0.25, 0.3) is 0 Å². The minimum absolute atomic E-state index is 0.320. The van der Waals surface area contributed by atoms with Crippen LogP contribution in [0.15, 0.2) is 0 Å². The van der Waals surface area contributed by atoms with E-state index < -0.39 is 5.97 Å². The zero-order valence-corrected chi connectivity index (χ0v) is 9.93. The van der Waals surface area contributed by atoms with Crippen molar-refractivity contribution in [1.82, 2.24) is 5.32 Å². The predicted octanol–water partition coefficient (Wildman–Crippen LogP) is 1.93. The lowest BCUT2D eigenvalue weighted by Crippen LogP contribution is -2.40. The van der Waals surface area contributed by atoms with E-state index in [-0.39, 0.29) is 6.04 Å². The standard InChI is InChI=1S/C11H19NO2S/c1-7-2-4-8(5-3-7)10-12-9(6-15-10)11(13)14/h7-10,12H,2-6H2,1H3,(H,13,14)/t7?,8?,9-,10?/m0/s1. The monoisotopic (exact) mass is 229 g/mol. The number of hydrogen-bond donors (Lipinski definition) is 2. The van der Waals surface area contributed by atoms with Gasteiger partial charge in [-0.2, -0.15) is 0 Å². The van der Waals surface area contributed by atoms with E-state index in [2.05, 4.69) is 12.2 Å². The van der Waals surface area contributed by atoms with Crippen LogP contribution in [-0.4, -0.2) is 28.2 Å². The van der Waals surface area contributed by atoms with Crippen molar-refractivity contribution in [3.8, 4) is 0 Å². The topological polar surface area (TPSA) is 49.3 Å². The van der Waals surface area contributed by atoms with Crippen LogP contribution >= 0.6 is 11.8 Å². The summed E-state index contributed by atoms with van der Waals surface area (Å²) in [4.78, 5) is 10.8. The molecule has 0 amide bonds. The van der Waals surface area contributed by atoms with Crippen molar-refractivity contribution in [3.05, 3.63) is 0 Å². The number of thioether (sulfide) groups is 1. The number of aliphatic carboxylic acids is 1. The molecular weight excluding hydrogens is 210 g/mol. The average molecular weight is 229 g/mol. The van der Waals surface area contributed by atoms with E-state index in [0.29, 0.717) is 11.3 Å². The molecule has 1 saturated heterocycles. The van der Waals surface area contributed by atoms with Crippen LogP contribution < -0.4 is 5.32 Å². The maximum Gasteiger partial charge on any atom is 0.321 e. The zero-order chi connectivity index (χ0) is 10.8. The lowest BCUT2D eigenvalue weighted by atomic mass is 9.83. The number of rotatable bonds is 2. The van der Waals surface area contributed by atoms with Crippen molar-refractivity contribution < 1.29 is 9.90 Å².